The Balaban J connectivity index is 1.50. The van der Waals surface area contributed by atoms with Crippen LogP contribution in [0.5, 0.6) is 0 Å². The molecule has 5 N–H and O–H groups in total. The van der Waals surface area contributed by atoms with Gasteiger partial charge >= 0.3 is 0 Å². The first kappa shape index (κ1) is 16.5. The van der Waals surface area contributed by atoms with Gasteiger partial charge in [0, 0.05) is 35.1 Å². The van der Waals surface area contributed by atoms with E-state index in [9.17, 15) is 4.79 Å². The minimum Gasteiger partial charge on any atom is -0.366 e. The average molecular weight is 414 g/mol. The number of anilines is 4. The summed E-state index contributed by atoms with van der Waals surface area (Å²) in [4.78, 5) is 19.8. The predicted molar refractivity (Wildman–Crippen MR) is 102 cm³/mol. The maximum Gasteiger partial charge on any atom is 0.248 e. The van der Waals surface area contributed by atoms with Crippen molar-refractivity contribution < 1.29 is 4.79 Å². The number of carbonyl (C=O) groups is 1. The van der Waals surface area contributed by atoms with Gasteiger partial charge in [0.05, 0.1) is 4.47 Å². The second-order valence-corrected chi connectivity index (χ2v) is 6.92. The largest absolute Gasteiger partial charge is 0.366 e. The molecule has 2 aromatic heterocycles. The molecule has 1 fully saturated rings. The van der Waals surface area contributed by atoms with Crippen molar-refractivity contribution in [2.24, 2.45) is 5.73 Å². The minimum atomic E-state index is -0.465. The van der Waals surface area contributed by atoms with Crippen molar-refractivity contribution in [3.05, 3.63) is 52.3 Å². The Bertz CT molecular complexity index is 950. The van der Waals surface area contributed by atoms with E-state index in [0.29, 0.717) is 29.1 Å². The van der Waals surface area contributed by atoms with Gasteiger partial charge in [0.15, 0.2) is 11.6 Å². The van der Waals surface area contributed by atoms with Crippen LogP contribution in [0.2, 0.25) is 0 Å². The molecule has 8 nitrogen and oxygen atoms in total. The highest BCUT2D eigenvalue weighted by atomic mass is 79.9. The maximum absolute atomic E-state index is 11.1. The molecule has 26 heavy (non-hydrogen) atoms. The first-order chi connectivity index (χ1) is 12.6. The lowest BCUT2D eigenvalue weighted by atomic mass is 10.2. The smallest absolute Gasteiger partial charge is 0.248 e. The number of aromatic nitrogens is 4. The highest BCUT2D eigenvalue weighted by Gasteiger charge is 2.25. The van der Waals surface area contributed by atoms with Gasteiger partial charge < -0.3 is 16.4 Å². The van der Waals surface area contributed by atoms with E-state index in [0.717, 1.165) is 15.9 Å². The topological polar surface area (TPSA) is 122 Å². The number of nitrogens with two attached hydrogens (primary N) is 1. The molecule has 4 rings (SSSR count). The fourth-order valence-electron chi connectivity index (χ4n) is 2.49. The van der Waals surface area contributed by atoms with Crippen molar-refractivity contribution in [3.63, 3.8) is 0 Å². The number of aromatic amines is 1. The molecule has 3 aromatic rings. The van der Waals surface area contributed by atoms with E-state index in [-0.39, 0.29) is 0 Å². The number of benzene rings is 1. The third kappa shape index (κ3) is 3.67. The van der Waals surface area contributed by atoms with E-state index in [1.165, 1.54) is 12.8 Å². The van der Waals surface area contributed by atoms with E-state index >= 15 is 0 Å². The molecule has 1 amide bonds. The zero-order chi connectivity index (χ0) is 18.1. The van der Waals surface area contributed by atoms with Gasteiger partial charge in [-0.3, -0.25) is 9.89 Å². The summed E-state index contributed by atoms with van der Waals surface area (Å²) in [6.07, 6.45) is 4.08. The van der Waals surface area contributed by atoms with Crippen LogP contribution in [-0.4, -0.2) is 26.1 Å². The lowest BCUT2D eigenvalue weighted by Gasteiger charge is -2.09. The number of rotatable bonds is 6. The normalized spacial score (nSPS) is 13.4. The van der Waals surface area contributed by atoms with Crippen molar-refractivity contribution in [2.45, 2.75) is 18.8 Å². The van der Waals surface area contributed by atoms with E-state index in [1.807, 2.05) is 6.07 Å². The van der Waals surface area contributed by atoms with Gasteiger partial charge in [0.2, 0.25) is 11.9 Å². The first-order valence-electron chi connectivity index (χ1n) is 8.10. The number of H-pyrrole nitrogens is 1. The van der Waals surface area contributed by atoms with Crippen LogP contribution in [0.15, 0.2) is 41.0 Å². The molecule has 0 bridgehead atoms. The molecular formula is C17H16BrN7O. The second kappa shape index (κ2) is 6.75. The van der Waals surface area contributed by atoms with Crippen LogP contribution < -0.4 is 16.4 Å². The maximum atomic E-state index is 11.1. The van der Waals surface area contributed by atoms with Gasteiger partial charge in [-0.15, -0.1) is 0 Å². The third-order valence-electron chi connectivity index (χ3n) is 4.03. The molecule has 1 aromatic carbocycles. The summed E-state index contributed by atoms with van der Waals surface area (Å²) < 4.78 is 0.725. The molecule has 132 valence electrons. The number of amides is 1. The lowest BCUT2D eigenvalue weighted by molar-refractivity contribution is 0.100. The Hall–Kier alpha value is -2.94. The summed E-state index contributed by atoms with van der Waals surface area (Å²) in [5, 5.41) is 13.6. The zero-order valence-electron chi connectivity index (χ0n) is 13.7. The fourth-order valence-corrected chi connectivity index (χ4v) is 2.78. The predicted octanol–water partition coefficient (Wildman–Crippen LogP) is 3.43. The van der Waals surface area contributed by atoms with Gasteiger partial charge in [-0.1, -0.05) is 0 Å². The van der Waals surface area contributed by atoms with E-state index in [2.05, 4.69) is 46.7 Å². The highest BCUT2D eigenvalue weighted by Crippen LogP contribution is 2.39. The molecule has 0 unspecified atom stereocenters. The van der Waals surface area contributed by atoms with Crippen LogP contribution >= 0.6 is 15.9 Å². The van der Waals surface area contributed by atoms with Crippen LogP contribution in [0, 0.1) is 0 Å². The van der Waals surface area contributed by atoms with Crippen molar-refractivity contribution >= 4 is 45.1 Å². The Morgan fingerprint density at radius 2 is 2.00 bits per heavy atom. The Morgan fingerprint density at radius 3 is 2.69 bits per heavy atom. The molecule has 0 saturated heterocycles. The number of hydrogen-bond donors (Lipinski definition) is 4. The van der Waals surface area contributed by atoms with Gasteiger partial charge in [-0.2, -0.15) is 10.1 Å². The molecule has 1 aliphatic carbocycles. The number of hydrogen-bond acceptors (Lipinski definition) is 6. The highest BCUT2D eigenvalue weighted by molar-refractivity contribution is 9.10. The van der Waals surface area contributed by atoms with Crippen LogP contribution in [0.4, 0.5) is 23.3 Å². The first-order valence-corrected chi connectivity index (χ1v) is 8.89. The van der Waals surface area contributed by atoms with Crippen LogP contribution in [-0.2, 0) is 0 Å². The SMILES string of the molecule is NC(=O)c1ccc(Nc2ncc(Br)c(Nc3cc(C4CC4)[nH]n3)n2)cc1. The summed E-state index contributed by atoms with van der Waals surface area (Å²) >= 11 is 3.44. The minimum absolute atomic E-state index is 0.417. The van der Waals surface area contributed by atoms with Crippen molar-refractivity contribution in [1.82, 2.24) is 20.2 Å². The van der Waals surface area contributed by atoms with Gasteiger partial charge in [0.1, 0.15) is 0 Å². The quantitative estimate of drug-likeness (QED) is 0.490. The van der Waals surface area contributed by atoms with E-state index in [4.69, 9.17) is 5.73 Å². The average Bonchev–Trinajstić information content (AvgIpc) is 3.38. The number of primary amides is 1. The summed E-state index contributed by atoms with van der Waals surface area (Å²) in [5.74, 6) is 1.87. The molecule has 0 spiro atoms. The van der Waals surface area contributed by atoms with Gasteiger partial charge in [-0.25, -0.2) is 4.98 Å². The van der Waals surface area contributed by atoms with Crippen molar-refractivity contribution in [1.29, 1.82) is 0 Å². The molecule has 1 aliphatic rings. The second-order valence-electron chi connectivity index (χ2n) is 6.06. The summed E-state index contributed by atoms with van der Waals surface area (Å²) in [6.45, 7) is 0. The van der Waals surface area contributed by atoms with Crippen molar-refractivity contribution in [2.75, 3.05) is 10.6 Å². The van der Waals surface area contributed by atoms with E-state index < -0.39 is 5.91 Å². The van der Waals surface area contributed by atoms with Crippen LogP contribution in [0.1, 0.15) is 34.8 Å². The van der Waals surface area contributed by atoms with Crippen molar-refractivity contribution in [3.8, 4) is 0 Å². The Kier molecular flexibility index (Phi) is 4.29. The Morgan fingerprint density at radius 1 is 1.23 bits per heavy atom. The summed E-state index contributed by atoms with van der Waals surface area (Å²) in [7, 11) is 0. The standard InChI is InChI=1S/C17H16BrN7O/c18-12-8-20-17(21-11-5-3-10(4-6-11)15(19)26)23-16(12)22-14-7-13(24-25-14)9-1-2-9/h3-9H,1-2H2,(H2,19,26)(H3,20,21,22,23,24,25). The van der Waals surface area contributed by atoms with Gasteiger partial charge in [-0.05, 0) is 53.0 Å². The number of carbonyl (C=O) groups excluding carboxylic acids is 1. The summed E-state index contributed by atoms with van der Waals surface area (Å²) in [5.41, 5.74) is 7.58. The third-order valence-corrected chi connectivity index (χ3v) is 4.61. The molecule has 9 heteroatoms. The molecule has 0 radical (unpaired) electrons. The van der Waals surface area contributed by atoms with Gasteiger partial charge in [0.25, 0.3) is 0 Å². The van der Waals surface area contributed by atoms with Crippen LogP contribution in [0.3, 0.4) is 0 Å². The zero-order valence-corrected chi connectivity index (χ0v) is 15.2. The molecule has 0 aliphatic heterocycles. The number of nitrogens with one attached hydrogen (secondary N) is 3. The molecule has 1 saturated carbocycles. The summed E-state index contributed by atoms with van der Waals surface area (Å²) in [6, 6.07) is 8.78. The lowest BCUT2D eigenvalue weighted by Crippen LogP contribution is -2.10. The fraction of sp³-hybridized carbons (Fsp3) is 0.176. The monoisotopic (exact) mass is 413 g/mol. The van der Waals surface area contributed by atoms with E-state index in [1.54, 1.807) is 30.5 Å². The number of halogens is 1. The Labute approximate surface area is 157 Å². The molecule has 0 atom stereocenters. The number of nitrogens with zero attached hydrogens (tertiary/aromatic N) is 3. The molecule has 2 heterocycles. The van der Waals surface area contributed by atoms with Crippen LogP contribution in [0.25, 0.3) is 0 Å². The molecular weight excluding hydrogens is 398 g/mol.